The van der Waals surface area contributed by atoms with Crippen LogP contribution in [0, 0.1) is 12.8 Å². The maximum atomic E-state index is 12.1. The lowest BCUT2D eigenvalue weighted by Gasteiger charge is -2.25. The largest absolute Gasteiger partial charge is 0.478 e. The zero-order valence-electron chi connectivity index (χ0n) is 11.4. The first-order valence-corrected chi connectivity index (χ1v) is 8.22. The number of carbonyl (C=O) groups is 1. The van der Waals surface area contributed by atoms with Crippen molar-refractivity contribution in [1.29, 1.82) is 0 Å². The molecule has 0 spiro atoms. The minimum atomic E-state index is -3.63. The Morgan fingerprint density at radius 1 is 1.40 bits per heavy atom. The van der Waals surface area contributed by atoms with Gasteiger partial charge in [-0.25, -0.2) is 17.9 Å². The smallest absolute Gasteiger partial charge is 0.335 e. The number of sulfonamides is 1. The van der Waals surface area contributed by atoms with Crippen molar-refractivity contribution >= 4 is 16.0 Å². The SMILES string of the molecule is Cc1ccc(S(=O)(=O)NCCC2CCC2)cc1C(=O)O. The number of nitrogens with one attached hydrogen (secondary N) is 1. The molecule has 1 aromatic carbocycles. The second-order valence-electron chi connectivity index (χ2n) is 5.27. The molecule has 6 heteroatoms. The maximum Gasteiger partial charge on any atom is 0.335 e. The van der Waals surface area contributed by atoms with Gasteiger partial charge in [0.05, 0.1) is 10.5 Å². The summed E-state index contributed by atoms with van der Waals surface area (Å²) in [6.45, 7) is 2.05. The van der Waals surface area contributed by atoms with E-state index in [0.717, 1.165) is 6.42 Å². The van der Waals surface area contributed by atoms with E-state index in [1.165, 1.54) is 37.5 Å². The van der Waals surface area contributed by atoms with Crippen LogP contribution >= 0.6 is 0 Å². The Hall–Kier alpha value is -1.40. The van der Waals surface area contributed by atoms with Crippen molar-refractivity contribution in [3.63, 3.8) is 0 Å². The molecule has 0 saturated heterocycles. The lowest BCUT2D eigenvalue weighted by atomic mass is 9.83. The highest BCUT2D eigenvalue weighted by Crippen LogP contribution is 2.28. The Balaban J connectivity index is 2.08. The molecule has 1 aliphatic carbocycles. The van der Waals surface area contributed by atoms with Crippen LogP contribution in [-0.4, -0.2) is 26.0 Å². The molecule has 0 aromatic heterocycles. The van der Waals surface area contributed by atoms with E-state index in [-0.39, 0.29) is 10.5 Å². The molecule has 1 aromatic rings. The lowest BCUT2D eigenvalue weighted by Crippen LogP contribution is -2.27. The van der Waals surface area contributed by atoms with Crippen molar-refractivity contribution in [3.8, 4) is 0 Å². The summed E-state index contributed by atoms with van der Waals surface area (Å²) >= 11 is 0. The van der Waals surface area contributed by atoms with Crippen molar-refractivity contribution < 1.29 is 18.3 Å². The van der Waals surface area contributed by atoms with E-state index in [9.17, 15) is 13.2 Å². The fraction of sp³-hybridized carbons (Fsp3) is 0.500. The van der Waals surface area contributed by atoms with Gasteiger partial charge in [-0.05, 0) is 37.0 Å². The van der Waals surface area contributed by atoms with E-state index in [2.05, 4.69) is 4.72 Å². The van der Waals surface area contributed by atoms with Crippen LogP contribution in [0.3, 0.4) is 0 Å². The highest BCUT2D eigenvalue weighted by Gasteiger charge is 2.20. The van der Waals surface area contributed by atoms with Crippen LogP contribution in [0.1, 0.15) is 41.6 Å². The summed E-state index contributed by atoms with van der Waals surface area (Å²) in [4.78, 5) is 11.0. The fourth-order valence-electron chi connectivity index (χ4n) is 2.26. The minimum Gasteiger partial charge on any atom is -0.478 e. The first-order valence-electron chi connectivity index (χ1n) is 6.74. The highest BCUT2D eigenvalue weighted by atomic mass is 32.2. The molecule has 1 aliphatic rings. The quantitative estimate of drug-likeness (QED) is 0.843. The van der Waals surface area contributed by atoms with Gasteiger partial charge in [0.2, 0.25) is 10.0 Å². The summed E-state index contributed by atoms with van der Waals surface area (Å²) in [6, 6.07) is 4.17. The zero-order valence-corrected chi connectivity index (χ0v) is 12.2. The van der Waals surface area contributed by atoms with E-state index in [1.807, 2.05) is 0 Å². The standard InChI is InChI=1S/C14H19NO4S/c1-10-5-6-12(9-13(10)14(16)17)20(18,19)15-8-7-11-3-2-4-11/h5-6,9,11,15H,2-4,7-8H2,1H3,(H,16,17). The average molecular weight is 297 g/mol. The monoisotopic (exact) mass is 297 g/mol. The number of carboxylic acids is 1. The Bertz CT molecular complexity index is 606. The molecule has 5 nitrogen and oxygen atoms in total. The first-order chi connectivity index (χ1) is 9.40. The van der Waals surface area contributed by atoms with Gasteiger partial charge in [0.25, 0.3) is 0 Å². The van der Waals surface area contributed by atoms with Gasteiger partial charge in [0, 0.05) is 6.54 Å². The molecule has 2 rings (SSSR count). The summed E-state index contributed by atoms with van der Waals surface area (Å²) in [6.07, 6.45) is 4.43. The third-order valence-corrected chi connectivity index (χ3v) is 5.28. The van der Waals surface area contributed by atoms with Gasteiger partial charge in [-0.3, -0.25) is 0 Å². The van der Waals surface area contributed by atoms with Gasteiger partial charge in [-0.15, -0.1) is 0 Å². The number of hydrogen-bond donors (Lipinski definition) is 2. The van der Waals surface area contributed by atoms with Crippen LogP contribution < -0.4 is 4.72 Å². The third-order valence-electron chi connectivity index (χ3n) is 3.82. The van der Waals surface area contributed by atoms with Gasteiger partial charge in [-0.2, -0.15) is 0 Å². The van der Waals surface area contributed by atoms with E-state index >= 15 is 0 Å². The summed E-state index contributed by atoms with van der Waals surface area (Å²) in [5, 5.41) is 9.03. The van der Waals surface area contributed by atoms with E-state index in [1.54, 1.807) is 6.92 Å². The summed E-state index contributed by atoms with van der Waals surface area (Å²) in [5.74, 6) is -0.487. The van der Waals surface area contributed by atoms with Crippen molar-refractivity contribution in [2.45, 2.75) is 37.5 Å². The molecule has 2 N–H and O–H groups in total. The number of aromatic carboxylic acids is 1. The molecule has 0 bridgehead atoms. The van der Waals surface area contributed by atoms with Crippen LogP contribution in [0.5, 0.6) is 0 Å². The Morgan fingerprint density at radius 3 is 2.65 bits per heavy atom. The maximum absolute atomic E-state index is 12.1. The molecule has 1 fully saturated rings. The van der Waals surface area contributed by atoms with Gasteiger partial charge < -0.3 is 5.11 Å². The van der Waals surface area contributed by atoms with Crippen LogP contribution in [0.25, 0.3) is 0 Å². The molecule has 0 heterocycles. The van der Waals surface area contributed by atoms with Crippen LogP contribution in [-0.2, 0) is 10.0 Å². The molecule has 0 radical (unpaired) electrons. The number of rotatable bonds is 6. The van der Waals surface area contributed by atoms with Crippen molar-refractivity contribution in [3.05, 3.63) is 29.3 Å². The summed E-state index contributed by atoms with van der Waals surface area (Å²) in [7, 11) is -3.63. The predicted molar refractivity (Wildman–Crippen MR) is 75.3 cm³/mol. The Kier molecular flexibility index (Phi) is 4.45. The normalized spacial score (nSPS) is 15.8. The molecular formula is C14H19NO4S. The summed E-state index contributed by atoms with van der Waals surface area (Å²) < 4.78 is 26.7. The van der Waals surface area contributed by atoms with Crippen LogP contribution in [0.2, 0.25) is 0 Å². The van der Waals surface area contributed by atoms with E-state index < -0.39 is 16.0 Å². The van der Waals surface area contributed by atoms with Gasteiger partial charge in [-0.1, -0.05) is 25.3 Å². The summed E-state index contributed by atoms with van der Waals surface area (Å²) in [5.41, 5.74) is 0.567. The molecule has 110 valence electrons. The molecule has 0 amide bonds. The molecule has 0 aliphatic heterocycles. The number of hydrogen-bond acceptors (Lipinski definition) is 3. The second-order valence-corrected chi connectivity index (χ2v) is 7.03. The molecule has 20 heavy (non-hydrogen) atoms. The van der Waals surface area contributed by atoms with E-state index in [4.69, 9.17) is 5.11 Å². The van der Waals surface area contributed by atoms with Crippen molar-refractivity contribution in [2.24, 2.45) is 5.92 Å². The third kappa shape index (κ3) is 3.37. The van der Waals surface area contributed by atoms with Gasteiger partial charge >= 0.3 is 5.97 Å². The predicted octanol–water partition coefficient (Wildman–Crippen LogP) is 2.16. The zero-order chi connectivity index (χ0) is 14.8. The average Bonchev–Trinajstić information content (AvgIpc) is 2.32. The Morgan fingerprint density at radius 2 is 2.10 bits per heavy atom. The van der Waals surface area contributed by atoms with E-state index in [0.29, 0.717) is 18.0 Å². The molecule has 0 unspecified atom stereocenters. The topological polar surface area (TPSA) is 83.5 Å². The lowest BCUT2D eigenvalue weighted by molar-refractivity contribution is 0.0696. The molecular weight excluding hydrogens is 278 g/mol. The highest BCUT2D eigenvalue weighted by molar-refractivity contribution is 7.89. The first kappa shape index (κ1) is 15.0. The number of benzene rings is 1. The fourth-order valence-corrected chi connectivity index (χ4v) is 3.33. The minimum absolute atomic E-state index is 0.00843. The molecule has 0 atom stereocenters. The Labute approximate surface area is 119 Å². The van der Waals surface area contributed by atoms with Gasteiger partial charge in [0.15, 0.2) is 0 Å². The van der Waals surface area contributed by atoms with Gasteiger partial charge in [0.1, 0.15) is 0 Å². The van der Waals surface area contributed by atoms with Crippen molar-refractivity contribution in [2.75, 3.05) is 6.54 Å². The number of aryl methyl sites for hydroxylation is 1. The van der Waals surface area contributed by atoms with Crippen LogP contribution in [0.4, 0.5) is 0 Å². The molecule has 1 saturated carbocycles. The van der Waals surface area contributed by atoms with Crippen molar-refractivity contribution in [1.82, 2.24) is 4.72 Å². The number of carboxylic acid groups (broad SMARTS) is 1. The second kappa shape index (κ2) is 5.93. The van der Waals surface area contributed by atoms with Crippen LogP contribution in [0.15, 0.2) is 23.1 Å².